The molecule has 0 radical (unpaired) electrons. The number of hydrogen-bond acceptors (Lipinski definition) is 3. The SMILES string of the molecule is COc1ccc2c(c1)OCC=CO2. The van der Waals surface area contributed by atoms with Crippen molar-refractivity contribution >= 4 is 0 Å². The van der Waals surface area contributed by atoms with E-state index in [2.05, 4.69) is 0 Å². The molecule has 2 rings (SSSR count). The molecule has 1 aromatic carbocycles. The van der Waals surface area contributed by atoms with Gasteiger partial charge in [-0.2, -0.15) is 0 Å². The summed E-state index contributed by atoms with van der Waals surface area (Å²) in [5.74, 6) is 2.20. The van der Waals surface area contributed by atoms with Crippen LogP contribution in [0.4, 0.5) is 0 Å². The van der Waals surface area contributed by atoms with E-state index in [9.17, 15) is 0 Å². The van der Waals surface area contributed by atoms with E-state index < -0.39 is 0 Å². The smallest absolute Gasteiger partial charge is 0.168 e. The molecule has 1 aliphatic rings. The molecular weight excluding hydrogens is 168 g/mol. The first-order valence-electron chi connectivity index (χ1n) is 4.02. The van der Waals surface area contributed by atoms with E-state index in [-0.39, 0.29) is 0 Å². The van der Waals surface area contributed by atoms with Gasteiger partial charge in [0.2, 0.25) is 0 Å². The standard InChI is InChI=1S/C10H10O3/c1-11-8-3-4-9-10(7-8)13-6-2-5-12-9/h2-5,7H,6H2,1H3. The summed E-state index contributed by atoms with van der Waals surface area (Å²) in [5, 5.41) is 0. The highest BCUT2D eigenvalue weighted by Crippen LogP contribution is 2.32. The third-order valence-electron chi connectivity index (χ3n) is 1.78. The van der Waals surface area contributed by atoms with E-state index in [0.29, 0.717) is 12.4 Å². The van der Waals surface area contributed by atoms with Crippen molar-refractivity contribution in [1.29, 1.82) is 0 Å². The van der Waals surface area contributed by atoms with Crippen molar-refractivity contribution in [3.05, 3.63) is 30.5 Å². The minimum atomic E-state index is 0.528. The molecule has 0 saturated carbocycles. The van der Waals surface area contributed by atoms with Crippen LogP contribution < -0.4 is 14.2 Å². The monoisotopic (exact) mass is 178 g/mol. The molecule has 1 aliphatic heterocycles. The average molecular weight is 178 g/mol. The molecule has 1 heterocycles. The van der Waals surface area contributed by atoms with Gasteiger partial charge in [0.15, 0.2) is 11.5 Å². The zero-order valence-electron chi connectivity index (χ0n) is 7.32. The van der Waals surface area contributed by atoms with Gasteiger partial charge in [-0.15, -0.1) is 0 Å². The lowest BCUT2D eigenvalue weighted by Crippen LogP contribution is -1.92. The Morgan fingerprint density at radius 1 is 1.31 bits per heavy atom. The molecule has 0 fully saturated rings. The first-order valence-corrected chi connectivity index (χ1v) is 4.02. The van der Waals surface area contributed by atoms with Crippen LogP contribution in [0.1, 0.15) is 0 Å². The van der Waals surface area contributed by atoms with Crippen LogP contribution in [0.2, 0.25) is 0 Å². The van der Waals surface area contributed by atoms with Gasteiger partial charge in [0.25, 0.3) is 0 Å². The first-order chi connectivity index (χ1) is 6.40. The fraction of sp³-hybridized carbons (Fsp3) is 0.200. The minimum Gasteiger partial charge on any atom is -0.497 e. The van der Waals surface area contributed by atoms with Gasteiger partial charge in [-0.3, -0.25) is 0 Å². The summed E-state index contributed by atoms with van der Waals surface area (Å²) in [4.78, 5) is 0. The summed E-state index contributed by atoms with van der Waals surface area (Å²) in [6, 6.07) is 5.47. The molecule has 1 aromatic rings. The first kappa shape index (κ1) is 7.98. The summed E-state index contributed by atoms with van der Waals surface area (Å²) < 4.78 is 15.8. The molecule has 13 heavy (non-hydrogen) atoms. The van der Waals surface area contributed by atoms with Gasteiger partial charge in [-0.25, -0.2) is 0 Å². The Balaban J connectivity index is 2.36. The van der Waals surface area contributed by atoms with Crippen LogP contribution in [0.3, 0.4) is 0 Å². The highest BCUT2D eigenvalue weighted by molar-refractivity contribution is 5.46. The predicted octanol–water partition coefficient (Wildman–Crippen LogP) is 1.98. The van der Waals surface area contributed by atoms with Gasteiger partial charge in [0.1, 0.15) is 12.4 Å². The largest absolute Gasteiger partial charge is 0.497 e. The summed E-state index contributed by atoms with van der Waals surface area (Å²) in [6.45, 7) is 0.528. The average Bonchev–Trinajstić information content (AvgIpc) is 2.41. The van der Waals surface area contributed by atoms with E-state index in [1.54, 1.807) is 13.4 Å². The Kier molecular flexibility index (Phi) is 2.08. The highest BCUT2D eigenvalue weighted by atomic mass is 16.5. The van der Waals surface area contributed by atoms with Gasteiger partial charge in [-0.1, -0.05) is 0 Å². The molecule has 0 atom stereocenters. The highest BCUT2D eigenvalue weighted by Gasteiger charge is 2.07. The van der Waals surface area contributed by atoms with Crippen molar-refractivity contribution in [3.63, 3.8) is 0 Å². The topological polar surface area (TPSA) is 27.7 Å². The maximum absolute atomic E-state index is 5.40. The quantitative estimate of drug-likeness (QED) is 0.658. The van der Waals surface area contributed by atoms with Crippen LogP contribution in [0.15, 0.2) is 30.5 Å². The van der Waals surface area contributed by atoms with Crippen molar-refractivity contribution in [2.45, 2.75) is 0 Å². The molecule has 3 nitrogen and oxygen atoms in total. The van der Waals surface area contributed by atoms with Gasteiger partial charge < -0.3 is 14.2 Å². The molecule has 0 spiro atoms. The zero-order chi connectivity index (χ0) is 9.10. The van der Waals surface area contributed by atoms with Crippen LogP contribution in [-0.4, -0.2) is 13.7 Å². The molecule has 68 valence electrons. The van der Waals surface area contributed by atoms with Crippen LogP contribution >= 0.6 is 0 Å². The fourth-order valence-corrected chi connectivity index (χ4v) is 1.12. The second kappa shape index (κ2) is 3.39. The predicted molar refractivity (Wildman–Crippen MR) is 48.3 cm³/mol. The Labute approximate surface area is 76.5 Å². The maximum Gasteiger partial charge on any atom is 0.168 e. The molecule has 0 N–H and O–H groups in total. The summed E-state index contributed by atoms with van der Waals surface area (Å²) >= 11 is 0. The second-order valence-corrected chi connectivity index (χ2v) is 2.61. The fourth-order valence-electron chi connectivity index (χ4n) is 1.12. The number of benzene rings is 1. The normalized spacial score (nSPS) is 13.6. The lowest BCUT2D eigenvalue weighted by Gasteiger charge is -2.07. The number of fused-ring (bicyclic) bond motifs is 1. The molecule has 0 bridgehead atoms. The van der Waals surface area contributed by atoms with Crippen LogP contribution in [-0.2, 0) is 0 Å². The molecule has 0 unspecified atom stereocenters. The van der Waals surface area contributed by atoms with E-state index >= 15 is 0 Å². The van der Waals surface area contributed by atoms with Gasteiger partial charge in [0.05, 0.1) is 13.4 Å². The number of ether oxygens (including phenoxy) is 3. The molecular formula is C10H10O3. The van der Waals surface area contributed by atoms with E-state index in [4.69, 9.17) is 14.2 Å². The Morgan fingerprint density at radius 2 is 2.23 bits per heavy atom. The second-order valence-electron chi connectivity index (χ2n) is 2.61. The van der Waals surface area contributed by atoms with Crippen LogP contribution in [0.5, 0.6) is 17.2 Å². The summed E-state index contributed by atoms with van der Waals surface area (Å²) in [5.41, 5.74) is 0. The molecule has 0 amide bonds. The van der Waals surface area contributed by atoms with Gasteiger partial charge in [0, 0.05) is 6.07 Å². The van der Waals surface area contributed by atoms with Gasteiger partial charge in [-0.05, 0) is 18.2 Å². The number of rotatable bonds is 1. The number of methoxy groups -OCH3 is 1. The third kappa shape index (κ3) is 1.59. The molecule has 0 aromatic heterocycles. The molecule has 0 saturated heterocycles. The minimum absolute atomic E-state index is 0.528. The van der Waals surface area contributed by atoms with Crippen molar-refractivity contribution in [2.24, 2.45) is 0 Å². The Morgan fingerprint density at radius 3 is 3.08 bits per heavy atom. The number of hydrogen-bond donors (Lipinski definition) is 0. The lowest BCUT2D eigenvalue weighted by atomic mass is 10.3. The Hall–Kier alpha value is -1.64. The van der Waals surface area contributed by atoms with E-state index in [0.717, 1.165) is 11.5 Å². The molecule has 3 heteroatoms. The van der Waals surface area contributed by atoms with E-state index in [1.165, 1.54) is 0 Å². The van der Waals surface area contributed by atoms with Crippen LogP contribution in [0.25, 0.3) is 0 Å². The summed E-state index contributed by atoms with van der Waals surface area (Å²) in [6.07, 6.45) is 3.44. The third-order valence-corrected chi connectivity index (χ3v) is 1.78. The zero-order valence-corrected chi connectivity index (χ0v) is 7.32. The lowest BCUT2D eigenvalue weighted by molar-refractivity contribution is 0.350. The van der Waals surface area contributed by atoms with Crippen molar-refractivity contribution in [1.82, 2.24) is 0 Å². The van der Waals surface area contributed by atoms with Gasteiger partial charge >= 0.3 is 0 Å². The van der Waals surface area contributed by atoms with E-state index in [1.807, 2.05) is 24.3 Å². The Bertz CT molecular complexity index is 331. The summed E-state index contributed by atoms with van der Waals surface area (Å²) in [7, 11) is 1.62. The van der Waals surface area contributed by atoms with Crippen molar-refractivity contribution in [3.8, 4) is 17.2 Å². The van der Waals surface area contributed by atoms with Crippen LogP contribution in [0, 0.1) is 0 Å². The van der Waals surface area contributed by atoms with Crippen molar-refractivity contribution < 1.29 is 14.2 Å². The maximum atomic E-state index is 5.40. The van der Waals surface area contributed by atoms with Crippen molar-refractivity contribution in [2.75, 3.05) is 13.7 Å². The molecule has 0 aliphatic carbocycles.